The third-order valence-electron chi connectivity index (χ3n) is 13.1. The smallest absolute Gasteiger partial charge is 0.422 e. The van der Waals surface area contributed by atoms with Crippen LogP contribution in [-0.2, 0) is 0 Å². The van der Waals surface area contributed by atoms with Crippen molar-refractivity contribution in [1.29, 1.82) is 0 Å². The minimum Gasteiger partial charge on any atom is -0.484 e. The molecule has 75 heavy (non-hydrogen) atoms. The summed E-state index contributed by atoms with van der Waals surface area (Å²) in [6.45, 7) is -1.36. The van der Waals surface area contributed by atoms with E-state index in [4.69, 9.17) is 4.74 Å². The van der Waals surface area contributed by atoms with Crippen LogP contribution >= 0.6 is 0 Å². The van der Waals surface area contributed by atoms with Crippen LogP contribution in [0.5, 0.6) is 5.75 Å². The maximum atomic E-state index is 13.0. The van der Waals surface area contributed by atoms with Crippen LogP contribution in [-0.4, -0.2) is 12.8 Å². The first-order valence-electron chi connectivity index (χ1n) is 24.8. The number of rotatable bonds is 15. The predicted octanol–water partition coefficient (Wildman–Crippen LogP) is 19.7. The van der Waals surface area contributed by atoms with Gasteiger partial charge in [0.25, 0.3) is 0 Å². The molecule has 11 aromatic carbocycles. The Balaban J connectivity index is 0.818. The monoisotopic (exact) mass is 981 g/mol. The molecule has 0 aliphatic heterocycles. The normalized spacial score (nSPS) is 11.6. The van der Waals surface area contributed by atoms with Crippen molar-refractivity contribution in [3.63, 3.8) is 0 Å². The molecule has 0 amide bonds. The van der Waals surface area contributed by atoms with E-state index in [-0.39, 0.29) is 5.75 Å². The Morgan fingerprint density at radius 2 is 0.547 bits per heavy atom. The number of hydrogen-bond acceptors (Lipinski definition) is 4. The maximum absolute atomic E-state index is 13.0. The summed E-state index contributed by atoms with van der Waals surface area (Å²) in [6, 6.07) is 91.0. The highest BCUT2D eigenvalue weighted by atomic mass is 19.4. The van der Waals surface area contributed by atoms with E-state index in [9.17, 15) is 13.2 Å². The summed E-state index contributed by atoms with van der Waals surface area (Å²) in [7, 11) is 0. The van der Waals surface area contributed by atoms with E-state index in [1.165, 1.54) is 21.5 Å². The zero-order chi connectivity index (χ0) is 51.0. The molecule has 4 nitrogen and oxygen atoms in total. The molecular formula is C68H50F3N3O. The van der Waals surface area contributed by atoms with Crippen LogP contribution in [0.3, 0.4) is 0 Å². The summed E-state index contributed by atoms with van der Waals surface area (Å²) < 4.78 is 44.1. The lowest BCUT2D eigenvalue weighted by Gasteiger charge is -2.26. The third-order valence-corrected chi connectivity index (χ3v) is 13.1. The first kappa shape index (κ1) is 47.7. The summed E-state index contributed by atoms with van der Waals surface area (Å²) in [5.41, 5.74) is 13.1. The van der Waals surface area contributed by atoms with Gasteiger partial charge in [0.1, 0.15) is 5.75 Å². The molecular weight excluding hydrogens is 932 g/mol. The fraction of sp³-hybridized carbons (Fsp3) is 0.0294. The van der Waals surface area contributed by atoms with Crippen LogP contribution in [0.4, 0.5) is 64.4 Å². The Hall–Kier alpha value is -9.59. The van der Waals surface area contributed by atoms with Crippen molar-refractivity contribution < 1.29 is 17.9 Å². The summed E-state index contributed by atoms with van der Waals surface area (Å²) in [4.78, 5) is 6.62. The van der Waals surface area contributed by atoms with Gasteiger partial charge < -0.3 is 19.4 Å². The molecule has 11 aromatic rings. The summed E-state index contributed by atoms with van der Waals surface area (Å²) >= 11 is 0. The highest BCUT2D eigenvalue weighted by Crippen LogP contribution is 2.40. The molecule has 0 aromatic heterocycles. The number of anilines is 9. The van der Waals surface area contributed by atoms with E-state index in [1.807, 2.05) is 12.1 Å². The lowest BCUT2D eigenvalue weighted by molar-refractivity contribution is -0.153. The number of alkyl halides is 3. The maximum Gasteiger partial charge on any atom is 0.422 e. The van der Waals surface area contributed by atoms with E-state index in [0.717, 1.165) is 73.4 Å². The van der Waals surface area contributed by atoms with Gasteiger partial charge in [0, 0.05) is 51.2 Å². The molecule has 0 aliphatic carbocycles. The fourth-order valence-electron chi connectivity index (χ4n) is 9.31. The van der Waals surface area contributed by atoms with Crippen molar-refractivity contribution >= 4 is 97.0 Å². The molecule has 7 heteroatoms. The molecule has 0 unspecified atom stereocenters. The number of hydrogen-bond donors (Lipinski definition) is 0. The zero-order valence-corrected chi connectivity index (χ0v) is 40.8. The van der Waals surface area contributed by atoms with Gasteiger partial charge in [-0.05, 0) is 165 Å². The second-order valence-corrected chi connectivity index (χ2v) is 18.2. The van der Waals surface area contributed by atoms with Crippen LogP contribution in [0, 0.1) is 0 Å². The third kappa shape index (κ3) is 11.4. The molecule has 0 aliphatic rings. The van der Waals surface area contributed by atoms with E-state index in [2.05, 4.69) is 270 Å². The van der Waals surface area contributed by atoms with Gasteiger partial charge in [0.05, 0.1) is 0 Å². The molecule has 0 fully saturated rings. The number of ether oxygens (including phenoxy) is 1. The molecule has 0 spiro atoms. The average Bonchev–Trinajstić information content (AvgIpc) is 3.46. The largest absolute Gasteiger partial charge is 0.484 e. The van der Waals surface area contributed by atoms with E-state index >= 15 is 0 Å². The number of nitrogens with zero attached hydrogens (tertiary/aromatic N) is 3. The van der Waals surface area contributed by atoms with Crippen molar-refractivity contribution in [3.05, 3.63) is 289 Å². The lowest BCUT2D eigenvalue weighted by Crippen LogP contribution is -2.19. The molecule has 11 rings (SSSR count). The van der Waals surface area contributed by atoms with Crippen LogP contribution in [0.1, 0.15) is 22.3 Å². The van der Waals surface area contributed by atoms with Crippen molar-refractivity contribution in [2.45, 2.75) is 6.18 Å². The van der Waals surface area contributed by atoms with Crippen molar-refractivity contribution in [2.24, 2.45) is 0 Å². The highest BCUT2D eigenvalue weighted by Gasteiger charge is 2.28. The Bertz CT molecular complexity index is 3510. The van der Waals surface area contributed by atoms with Crippen LogP contribution in [0.25, 0.3) is 45.8 Å². The Kier molecular flexibility index (Phi) is 13.8. The SMILES string of the molecule is FC(F)(F)COc1ccc(N(c2ccc(/C=C/c3ccc(N(c4ccccc4)c4ccc5ccccc5c4)cc3)cc2)c2ccc(/C=C/c3ccc(N(c4ccccc4)c4ccc5ccccc5c4)cc3)cc2)cc1. The topological polar surface area (TPSA) is 19.0 Å². The van der Waals surface area contributed by atoms with E-state index in [0.29, 0.717) is 0 Å². The minimum atomic E-state index is -4.44. The number of halogens is 3. The van der Waals surface area contributed by atoms with Crippen LogP contribution in [0.2, 0.25) is 0 Å². The molecule has 0 atom stereocenters. The second-order valence-electron chi connectivity index (χ2n) is 18.2. The second kappa shape index (κ2) is 21.6. The zero-order valence-electron chi connectivity index (χ0n) is 40.8. The van der Waals surface area contributed by atoms with Gasteiger partial charge in [-0.1, -0.05) is 170 Å². The Labute approximate surface area is 435 Å². The van der Waals surface area contributed by atoms with Crippen LogP contribution < -0.4 is 19.4 Å². The molecule has 0 saturated carbocycles. The van der Waals surface area contributed by atoms with Gasteiger partial charge in [0.2, 0.25) is 0 Å². The van der Waals surface area contributed by atoms with Gasteiger partial charge in [-0.3, -0.25) is 0 Å². The standard InChI is InChI=1S/C68H50F3N3O/c69-68(70,71)49-75-67-45-43-64(44-46-67)72(60-33-23-50(24-34-60)19-21-52-27-37-62(38-28-52)73(58-15-3-1-4-16-58)65-41-31-54-11-7-9-13-56(54)47-65)61-35-25-51(26-36-61)20-22-53-29-39-63(40-30-53)74(59-17-5-2-6-18-59)66-42-32-55-12-8-10-14-57(55)48-66/h1-48H,49H2/b21-19+,22-20+. The fourth-order valence-corrected chi connectivity index (χ4v) is 9.31. The first-order chi connectivity index (χ1) is 36.8. The van der Waals surface area contributed by atoms with Crippen molar-refractivity contribution in [2.75, 3.05) is 21.3 Å². The average molecular weight is 982 g/mol. The van der Waals surface area contributed by atoms with Gasteiger partial charge >= 0.3 is 6.18 Å². The minimum absolute atomic E-state index is 0.140. The van der Waals surface area contributed by atoms with Gasteiger partial charge in [-0.15, -0.1) is 0 Å². The van der Waals surface area contributed by atoms with Gasteiger partial charge in [-0.2, -0.15) is 13.2 Å². The molecule has 0 bridgehead atoms. The lowest BCUT2D eigenvalue weighted by atomic mass is 10.1. The Morgan fingerprint density at radius 1 is 0.280 bits per heavy atom. The predicted molar refractivity (Wildman–Crippen MR) is 308 cm³/mol. The summed E-state index contributed by atoms with van der Waals surface area (Å²) in [5, 5.41) is 4.76. The number of benzene rings is 11. The van der Waals surface area contributed by atoms with Crippen molar-refractivity contribution in [1.82, 2.24) is 0 Å². The summed E-state index contributed by atoms with van der Waals surface area (Å²) in [6.07, 6.45) is 3.95. The van der Waals surface area contributed by atoms with E-state index < -0.39 is 12.8 Å². The molecule has 0 N–H and O–H groups in total. The molecule has 364 valence electrons. The van der Waals surface area contributed by atoms with Gasteiger partial charge in [-0.25, -0.2) is 0 Å². The summed E-state index contributed by atoms with van der Waals surface area (Å²) in [5.74, 6) is 0.140. The molecule has 0 saturated heterocycles. The van der Waals surface area contributed by atoms with Crippen LogP contribution in [0.15, 0.2) is 267 Å². The molecule has 0 heterocycles. The first-order valence-corrected chi connectivity index (χ1v) is 24.8. The quantitative estimate of drug-likeness (QED) is 0.0953. The Morgan fingerprint density at radius 3 is 0.880 bits per heavy atom. The van der Waals surface area contributed by atoms with Crippen molar-refractivity contribution in [3.8, 4) is 5.75 Å². The number of para-hydroxylation sites is 2. The molecule has 0 radical (unpaired) electrons. The van der Waals surface area contributed by atoms with E-state index in [1.54, 1.807) is 24.3 Å². The number of fused-ring (bicyclic) bond motifs is 2. The highest BCUT2D eigenvalue weighted by molar-refractivity contribution is 5.91. The van der Waals surface area contributed by atoms with Gasteiger partial charge in [0.15, 0.2) is 6.61 Å².